The van der Waals surface area contributed by atoms with Crippen molar-refractivity contribution in [1.29, 1.82) is 0 Å². The van der Waals surface area contributed by atoms with E-state index in [1.54, 1.807) is 4.68 Å². The summed E-state index contributed by atoms with van der Waals surface area (Å²) < 4.78 is 7.36. The van der Waals surface area contributed by atoms with Crippen molar-refractivity contribution in [3.63, 3.8) is 0 Å². The van der Waals surface area contributed by atoms with Crippen molar-refractivity contribution in [2.45, 2.75) is 32.2 Å². The minimum absolute atomic E-state index is 0.0213. The third-order valence-electron chi connectivity index (χ3n) is 6.54. The van der Waals surface area contributed by atoms with Gasteiger partial charge >= 0.3 is 0 Å². The summed E-state index contributed by atoms with van der Waals surface area (Å²) in [6, 6.07) is 8.13. The molecule has 5 rings (SSSR count). The Morgan fingerprint density at radius 1 is 1.16 bits per heavy atom. The smallest absolute Gasteiger partial charge is 0.244 e. The van der Waals surface area contributed by atoms with E-state index in [2.05, 4.69) is 34.0 Å². The summed E-state index contributed by atoms with van der Waals surface area (Å²) in [4.78, 5) is 21.9. The molecule has 3 atom stereocenters. The predicted octanol–water partition coefficient (Wildman–Crippen LogP) is 2.79. The quantitative estimate of drug-likeness (QED) is 0.631. The van der Waals surface area contributed by atoms with Gasteiger partial charge in [-0.05, 0) is 31.7 Å². The topological polar surface area (TPSA) is 80.3 Å². The maximum Gasteiger partial charge on any atom is 0.244 e. The Balaban J connectivity index is 1.16. The van der Waals surface area contributed by atoms with Crippen LogP contribution in [0.2, 0.25) is 0 Å². The van der Waals surface area contributed by atoms with Gasteiger partial charge in [0.05, 0.1) is 12.2 Å². The number of piperazine rings is 1. The van der Waals surface area contributed by atoms with Gasteiger partial charge in [-0.1, -0.05) is 35.0 Å². The van der Waals surface area contributed by atoms with E-state index in [1.807, 2.05) is 48.6 Å². The van der Waals surface area contributed by atoms with Crippen molar-refractivity contribution in [3.05, 3.63) is 53.7 Å². The minimum Gasteiger partial charge on any atom is -0.340 e. The Hall–Kier alpha value is -3.00. The molecule has 0 unspecified atom stereocenters. The minimum atomic E-state index is 0.0213. The fourth-order valence-corrected chi connectivity index (χ4v) is 4.41. The van der Waals surface area contributed by atoms with Gasteiger partial charge in [0.1, 0.15) is 0 Å². The summed E-state index contributed by atoms with van der Waals surface area (Å²) in [7, 11) is 1.91. The summed E-state index contributed by atoms with van der Waals surface area (Å²) in [5.74, 6) is 1.96. The molecule has 1 saturated carbocycles. The fourth-order valence-electron chi connectivity index (χ4n) is 4.41. The summed E-state index contributed by atoms with van der Waals surface area (Å²) >= 11 is 0. The second-order valence-electron chi connectivity index (χ2n) is 8.76. The first-order chi connectivity index (χ1) is 15.0. The van der Waals surface area contributed by atoms with E-state index in [0.717, 1.165) is 38.2 Å². The average Bonchev–Trinajstić information content (AvgIpc) is 3.21. The van der Waals surface area contributed by atoms with Crippen molar-refractivity contribution in [2.24, 2.45) is 13.0 Å². The van der Waals surface area contributed by atoms with Gasteiger partial charge in [-0.2, -0.15) is 10.1 Å². The number of benzene rings is 1. The predicted molar refractivity (Wildman–Crippen MR) is 115 cm³/mol. The number of aromatic nitrogens is 4. The lowest BCUT2D eigenvalue weighted by atomic mass is 10.1. The monoisotopic (exact) mass is 420 g/mol. The van der Waals surface area contributed by atoms with E-state index < -0.39 is 0 Å². The average molecular weight is 421 g/mol. The highest BCUT2D eigenvalue weighted by Crippen LogP contribution is 2.48. The van der Waals surface area contributed by atoms with Crippen molar-refractivity contribution in [3.8, 4) is 11.4 Å². The second kappa shape index (κ2) is 7.92. The number of aryl methyl sites for hydroxylation is 2. The molecule has 0 spiro atoms. The van der Waals surface area contributed by atoms with Crippen LogP contribution < -0.4 is 0 Å². The molecule has 0 bridgehead atoms. The van der Waals surface area contributed by atoms with Crippen LogP contribution in [-0.2, 0) is 11.8 Å². The SMILES string of the molecule is Cc1ccc(-c2noc([C@H](C)N3CCN(C(=O)[C@H]4C[C@H]4c4cnn(C)c4)CC3)n2)cc1. The first-order valence-corrected chi connectivity index (χ1v) is 10.9. The van der Waals surface area contributed by atoms with Crippen LogP contribution >= 0.6 is 0 Å². The van der Waals surface area contributed by atoms with E-state index in [1.165, 1.54) is 11.1 Å². The molecular formula is C23H28N6O2. The van der Waals surface area contributed by atoms with E-state index in [0.29, 0.717) is 17.6 Å². The number of carbonyl (C=O) groups excluding carboxylic acids is 1. The van der Waals surface area contributed by atoms with Crippen LogP contribution in [0, 0.1) is 12.8 Å². The third-order valence-corrected chi connectivity index (χ3v) is 6.54. The van der Waals surface area contributed by atoms with Crippen LogP contribution in [0.4, 0.5) is 0 Å². The molecule has 0 radical (unpaired) electrons. The molecule has 2 fully saturated rings. The highest BCUT2D eigenvalue weighted by molar-refractivity contribution is 5.83. The molecule has 31 heavy (non-hydrogen) atoms. The van der Waals surface area contributed by atoms with Gasteiger partial charge in [0.25, 0.3) is 0 Å². The number of hydrogen-bond acceptors (Lipinski definition) is 6. The molecule has 1 aliphatic carbocycles. The van der Waals surface area contributed by atoms with E-state index in [4.69, 9.17) is 4.52 Å². The van der Waals surface area contributed by atoms with Gasteiger partial charge in [-0.25, -0.2) is 0 Å². The van der Waals surface area contributed by atoms with Crippen LogP contribution in [0.5, 0.6) is 0 Å². The summed E-state index contributed by atoms with van der Waals surface area (Å²) in [5.41, 5.74) is 3.33. The zero-order valence-electron chi connectivity index (χ0n) is 18.2. The van der Waals surface area contributed by atoms with Crippen molar-refractivity contribution in [1.82, 2.24) is 29.7 Å². The maximum atomic E-state index is 12.9. The number of rotatable bonds is 5. The van der Waals surface area contributed by atoms with Gasteiger partial charge in [0, 0.05) is 50.9 Å². The highest BCUT2D eigenvalue weighted by Gasteiger charge is 2.46. The Kier molecular flexibility index (Phi) is 5.09. The Morgan fingerprint density at radius 2 is 1.90 bits per heavy atom. The number of nitrogens with zero attached hydrogens (tertiary/aromatic N) is 6. The molecule has 2 aliphatic rings. The number of hydrogen-bond donors (Lipinski definition) is 0. The molecule has 1 aliphatic heterocycles. The molecular weight excluding hydrogens is 392 g/mol. The van der Waals surface area contributed by atoms with Crippen LogP contribution in [0.3, 0.4) is 0 Å². The van der Waals surface area contributed by atoms with Crippen LogP contribution in [0.1, 0.15) is 42.3 Å². The highest BCUT2D eigenvalue weighted by atomic mass is 16.5. The van der Waals surface area contributed by atoms with E-state index >= 15 is 0 Å². The lowest BCUT2D eigenvalue weighted by molar-refractivity contribution is -0.134. The standard InChI is InChI=1S/C23H28N6O2/c1-15-4-6-17(7-5-15)21-25-22(31-26-21)16(2)28-8-10-29(11-9-28)23(30)20-12-19(20)18-13-24-27(3)14-18/h4-7,13-14,16,19-20H,8-12H2,1-3H3/t16-,19-,20-/m0/s1. The molecule has 1 aromatic carbocycles. The first kappa shape index (κ1) is 19.9. The fraction of sp³-hybridized carbons (Fsp3) is 0.478. The largest absolute Gasteiger partial charge is 0.340 e. The Bertz CT molecular complexity index is 1060. The van der Waals surface area contributed by atoms with Crippen LogP contribution in [0.15, 0.2) is 41.2 Å². The van der Waals surface area contributed by atoms with Crippen molar-refractivity contribution >= 4 is 5.91 Å². The molecule has 162 valence electrons. The molecule has 3 heterocycles. The summed E-state index contributed by atoms with van der Waals surface area (Å²) in [6.07, 6.45) is 4.84. The zero-order valence-corrected chi connectivity index (χ0v) is 18.2. The van der Waals surface area contributed by atoms with E-state index in [-0.39, 0.29) is 17.9 Å². The molecule has 8 heteroatoms. The number of amides is 1. The summed E-state index contributed by atoms with van der Waals surface area (Å²) in [5, 5.41) is 8.39. The molecule has 0 N–H and O–H groups in total. The van der Waals surface area contributed by atoms with Gasteiger partial charge in [0.2, 0.25) is 17.6 Å². The summed E-state index contributed by atoms with van der Waals surface area (Å²) in [6.45, 7) is 7.22. The second-order valence-corrected chi connectivity index (χ2v) is 8.76. The zero-order chi connectivity index (χ0) is 21.5. The normalized spacial score (nSPS) is 22.5. The lowest BCUT2D eigenvalue weighted by Crippen LogP contribution is -2.49. The molecule has 1 saturated heterocycles. The maximum absolute atomic E-state index is 12.9. The molecule has 8 nitrogen and oxygen atoms in total. The molecule has 2 aromatic heterocycles. The van der Waals surface area contributed by atoms with Crippen LogP contribution in [0.25, 0.3) is 11.4 Å². The van der Waals surface area contributed by atoms with Crippen molar-refractivity contribution < 1.29 is 9.32 Å². The van der Waals surface area contributed by atoms with Crippen molar-refractivity contribution in [2.75, 3.05) is 26.2 Å². The molecule has 3 aromatic rings. The van der Waals surface area contributed by atoms with Gasteiger partial charge in [0.15, 0.2) is 0 Å². The lowest BCUT2D eigenvalue weighted by Gasteiger charge is -2.37. The first-order valence-electron chi connectivity index (χ1n) is 10.9. The van der Waals surface area contributed by atoms with Crippen LogP contribution in [-0.4, -0.2) is 61.8 Å². The third kappa shape index (κ3) is 3.99. The Morgan fingerprint density at radius 3 is 2.58 bits per heavy atom. The van der Waals surface area contributed by atoms with E-state index in [9.17, 15) is 4.79 Å². The number of carbonyl (C=O) groups is 1. The molecule has 1 amide bonds. The van der Waals surface area contributed by atoms with Gasteiger partial charge in [-0.3, -0.25) is 14.4 Å². The Labute approximate surface area is 181 Å². The van der Waals surface area contributed by atoms with Gasteiger partial charge in [-0.15, -0.1) is 0 Å². The van der Waals surface area contributed by atoms with Gasteiger partial charge < -0.3 is 9.42 Å².